The van der Waals surface area contributed by atoms with Crippen molar-refractivity contribution >= 4 is 33.3 Å². The summed E-state index contributed by atoms with van der Waals surface area (Å²) in [6.07, 6.45) is 1.77. The van der Waals surface area contributed by atoms with Gasteiger partial charge in [-0.1, -0.05) is 45.7 Å². The molecule has 0 radical (unpaired) electrons. The summed E-state index contributed by atoms with van der Waals surface area (Å²) in [4.78, 5) is 16.9. The summed E-state index contributed by atoms with van der Waals surface area (Å²) in [5.74, 6) is -0.872. The molecule has 0 N–H and O–H groups in total. The number of aromatic nitrogens is 1. The van der Waals surface area contributed by atoms with E-state index in [4.69, 9.17) is 11.6 Å². The topological polar surface area (TPSA) is 30.0 Å². The number of hydrogen-bond donors (Lipinski definition) is 0. The molecule has 132 valence electrons. The Morgan fingerprint density at radius 1 is 1.15 bits per heavy atom. The lowest BCUT2D eigenvalue weighted by molar-refractivity contribution is 0.0977. The molecule has 3 aromatic rings. The first-order chi connectivity index (χ1) is 12.4. The number of ketones is 1. The Balaban J connectivity index is 2.00. The van der Waals surface area contributed by atoms with Gasteiger partial charge in [-0.2, -0.15) is 0 Å². The average Bonchev–Trinajstić information content (AvgIpc) is 2.61. The monoisotopic (exact) mass is 431 g/mol. The predicted molar refractivity (Wildman–Crippen MR) is 105 cm³/mol. The molecule has 1 heterocycles. The Bertz CT molecular complexity index is 943. The zero-order valence-corrected chi connectivity index (χ0v) is 16.4. The molecule has 0 aliphatic rings. The lowest BCUT2D eigenvalue weighted by Gasteiger charge is -2.19. The van der Waals surface area contributed by atoms with Crippen LogP contribution in [-0.4, -0.2) is 10.8 Å². The van der Waals surface area contributed by atoms with Crippen LogP contribution in [0.1, 0.15) is 39.5 Å². The molecular weight excluding hydrogens is 417 g/mol. The van der Waals surface area contributed by atoms with Gasteiger partial charge in [0.15, 0.2) is 5.78 Å². The number of halogens is 3. The molecule has 1 atom stereocenters. The minimum absolute atomic E-state index is 0.0576. The molecule has 0 saturated carbocycles. The van der Waals surface area contributed by atoms with Crippen molar-refractivity contribution in [3.8, 4) is 0 Å². The number of rotatable bonds is 5. The number of hydrogen-bond acceptors (Lipinski definition) is 2. The van der Waals surface area contributed by atoms with Crippen molar-refractivity contribution in [2.45, 2.75) is 19.3 Å². The molecule has 0 saturated heterocycles. The summed E-state index contributed by atoms with van der Waals surface area (Å²) < 4.78 is 15.5. The van der Waals surface area contributed by atoms with Gasteiger partial charge in [-0.05, 0) is 54.4 Å². The summed E-state index contributed by atoms with van der Waals surface area (Å²) >= 11 is 9.29. The van der Waals surface area contributed by atoms with Crippen molar-refractivity contribution < 1.29 is 9.18 Å². The van der Waals surface area contributed by atoms with Gasteiger partial charge in [-0.15, -0.1) is 0 Å². The highest BCUT2D eigenvalue weighted by molar-refractivity contribution is 9.10. The smallest absolute Gasteiger partial charge is 0.163 e. The summed E-state index contributed by atoms with van der Waals surface area (Å²) in [6, 6.07) is 15.6. The fraction of sp³-hybridized carbons (Fsp3) is 0.143. The van der Waals surface area contributed by atoms with Crippen LogP contribution < -0.4 is 0 Å². The van der Waals surface area contributed by atoms with E-state index in [0.717, 1.165) is 15.7 Å². The molecule has 0 amide bonds. The van der Waals surface area contributed by atoms with Gasteiger partial charge in [-0.3, -0.25) is 9.78 Å². The van der Waals surface area contributed by atoms with Crippen LogP contribution in [-0.2, 0) is 0 Å². The Morgan fingerprint density at radius 3 is 2.54 bits per heavy atom. The minimum Gasteiger partial charge on any atom is -0.294 e. The van der Waals surface area contributed by atoms with E-state index in [0.29, 0.717) is 16.1 Å². The van der Waals surface area contributed by atoms with Crippen LogP contribution in [0.25, 0.3) is 0 Å². The molecule has 0 spiro atoms. The maximum absolute atomic E-state index is 14.6. The first-order valence-electron chi connectivity index (χ1n) is 8.10. The highest BCUT2D eigenvalue weighted by atomic mass is 79.9. The molecule has 2 nitrogen and oxygen atoms in total. The predicted octanol–water partition coefficient (Wildman–Crippen LogP) is 6.35. The SMILES string of the molecule is Cc1cc(C(=O)CC(c2ccc(Br)cc2)c2ccc(Cl)cc2F)ccn1. The molecule has 1 unspecified atom stereocenters. The largest absolute Gasteiger partial charge is 0.294 e. The molecule has 1 aromatic heterocycles. The number of nitrogens with zero attached hydrogens (tertiary/aromatic N) is 1. The Kier molecular flexibility index (Phi) is 5.84. The molecule has 0 fully saturated rings. The van der Waals surface area contributed by atoms with Crippen LogP contribution in [0.5, 0.6) is 0 Å². The van der Waals surface area contributed by atoms with Gasteiger partial charge in [0.05, 0.1) is 0 Å². The van der Waals surface area contributed by atoms with E-state index in [1.54, 1.807) is 30.5 Å². The second-order valence-corrected chi connectivity index (χ2v) is 7.44. The normalized spacial score (nSPS) is 12.0. The van der Waals surface area contributed by atoms with Gasteiger partial charge < -0.3 is 0 Å². The second-order valence-electron chi connectivity index (χ2n) is 6.08. The van der Waals surface area contributed by atoms with Crippen molar-refractivity contribution in [2.24, 2.45) is 0 Å². The van der Waals surface area contributed by atoms with Crippen LogP contribution in [0.15, 0.2) is 65.3 Å². The zero-order chi connectivity index (χ0) is 18.7. The number of Topliss-reactive ketones (excluding diaryl/α,β-unsaturated/α-hetero) is 1. The third kappa shape index (κ3) is 4.37. The van der Waals surface area contributed by atoms with Gasteiger partial charge in [-0.25, -0.2) is 4.39 Å². The van der Waals surface area contributed by atoms with Crippen LogP contribution >= 0.6 is 27.5 Å². The van der Waals surface area contributed by atoms with Gasteiger partial charge in [0.25, 0.3) is 0 Å². The zero-order valence-electron chi connectivity index (χ0n) is 14.0. The molecule has 5 heteroatoms. The lowest BCUT2D eigenvalue weighted by atomic mass is 9.85. The number of benzene rings is 2. The van der Waals surface area contributed by atoms with Crippen LogP contribution in [0.3, 0.4) is 0 Å². The van der Waals surface area contributed by atoms with Crippen LogP contribution in [0.2, 0.25) is 5.02 Å². The van der Waals surface area contributed by atoms with E-state index in [1.807, 2.05) is 31.2 Å². The molecule has 0 aliphatic carbocycles. The summed E-state index contributed by atoms with van der Waals surface area (Å²) in [5.41, 5.74) is 2.67. The van der Waals surface area contributed by atoms with Crippen molar-refractivity contribution in [1.82, 2.24) is 4.98 Å². The van der Waals surface area contributed by atoms with E-state index in [-0.39, 0.29) is 12.2 Å². The van der Waals surface area contributed by atoms with Crippen molar-refractivity contribution in [3.05, 3.63) is 98.5 Å². The first kappa shape index (κ1) is 18.7. The lowest BCUT2D eigenvalue weighted by Crippen LogP contribution is -2.11. The average molecular weight is 433 g/mol. The Hall–Kier alpha value is -2.04. The third-order valence-electron chi connectivity index (χ3n) is 4.22. The quantitative estimate of drug-likeness (QED) is 0.440. The molecule has 0 aliphatic heterocycles. The molecule has 26 heavy (non-hydrogen) atoms. The van der Waals surface area contributed by atoms with Gasteiger partial charge in [0, 0.05) is 39.3 Å². The highest BCUT2D eigenvalue weighted by Crippen LogP contribution is 2.33. The maximum atomic E-state index is 14.6. The number of aryl methyl sites for hydroxylation is 1. The standard InChI is InChI=1S/C21H16BrClFNO/c1-13-10-15(8-9-25-13)21(26)12-19(14-2-4-16(22)5-3-14)18-7-6-17(23)11-20(18)24/h2-11,19H,12H2,1H3. The molecule has 2 aromatic carbocycles. The van der Waals surface area contributed by atoms with E-state index >= 15 is 0 Å². The number of carbonyl (C=O) groups excluding carboxylic acids is 1. The molecule has 3 rings (SSSR count). The van der Waals surface area contributed by atoms with E-state index < -0.39 is 11.7 Å². The van der Waals surface area contributed by atoms with Crippen molar-refractivity contribution in [1.29, 1.82) is 0 Å². The number of carbonyl (C=O) groups is 1. The van der Waals surface area contributed by atoms with Crippen LogP contribution in [0, 0.1) is 12.7 Å². The van der Waals surface area contributed by atoms with Gasteiger partial charge in [0.2, 0.25) is 0 Å². The molecular formula is C21H16BrClFNO. The second kappa shape index (κ2) is 8.11. The highest BCUT2D eigenvalue weighted by Gasteiger charge is 2.22. The Labute approximate surface area is 165 Å². The van der Waals surface area contributed by atoms with Crippen molar-refractivity contribution in [2.75, 3.05) is 0 Å². The summed E-state index contributed by atoms with van der Waals surface area (Å²) in [5, 5.41) is 0.330. The fourth-order valence-corrected chi connectivity index (χ4v) is 3.33. The van der Waals surface area contributed by atoms with Crippen LogP contribution in [0.4, 0.5) is 4.39 Å². The van der Waals surface area contributed by atoms with Gasteiger partial charge >= 0.3 is 0 Å². The number of pyridine rings is 1. The maximum Gasteiger partial charge on any atom is 0.163 e. The van der Waals surface area contributed by atoms with E-state index in [9.17, 15) is 9.18 Å². The van der Waals surface area contributed by atoms with Crippen molar-refractivity contribution in [3.63, 3.8) is 0 Å². The summed E-state index contributed by atoms with van der Waals surface area (Å²) in [6.45, 7) is 1.84. The van der Waals surface area contributed by atoms with E-state index in [1.165, 1.54) is 6.07 Å². The first-order valence-corrected chi connectivity index (χ1v) is 9.27. The Morgan fingerprint density at radius 2 is 1.88 bits per heavy atom. The van der Waals surface area contributed by atoms with Gasteiger partial charge in [0.1, 0.15) is 5.82 Å². The minimum atomic E-state index is -0.413. The summed E-state index contributed by atoms with van der Waals surface area (Å²) in [7, 11) is 0. The third-order valence-corrected chi connectivity index (χ3v) is 4.98. The van der Waals surface area contributed by atoms with E-state index in [2.05, 4.69) is 20.9 Å². The fourth-order valence-electron chi connectivity index (χ4n) is 2.91. The molecule has 0 bridgehead atoms.